The summed E-state index contributed by atoms with van der Waals surface area (Å²) in [7, 11) is 0. The quantitative estimate of drug-likeness (QED) is 0.537. The molecule has 1 saturated heterocycles. The molecule has 2 aliphatic heterocycles. The average molecular weight is 223 g/mol. The van der Waals surface area contributed by atoms with Crippen LogP contribution in [0.5, 0.6) is 0 Å². The zero-order valence-electron chi connectivity index (χ0n) is 9.48. The third-order valence-corrected chi connectivity index (χ3v) is 3.40. The van der Waals surface area contributed by atoms with Crippen LogP contribution in [0, 0.1) is 21.4 Å². The summed E-state index contributed by atoms with van der Waals surface area (Å²) in [6.07, 6.45) is 5.71. The normalized spacial score (nSPS) is 25.2. The van der Waals surface area contributed by atoms with Gasteiger partial charge in [0.15, 0.2) is 0 Å². The molecule has 5 nitrogen and oxygen atoms in total. The van der Waals surface area contributed by atoms with Crippen LogP contribution >= 0.6 is 0 Å². The van der Waals surface area contributed by atoms with Crippen LogP contribution in [-0.4, -0.2) is 30.8 Å². The molecule has 0 bridgehead atoms. The van der Waals surface area contributed by atoms with Crippen LogP contribution in [0.1, 0.15) is 19.8 Å². The number of hydrogen-bond acceptors (Lipinski definition) is 4. The minimum absolute atomic E-state index is 0.102. The van der Waals surface area contributed by atoms with E-state index in [-0.39, 0.29) is 5.70 Å². The zero-order valence-corrected chi connectivity index (χ0v) is 9.48. The summed E-state index contributed by atoms with van der Waals surface area (Å²) >= 11 is 0. The molecule has 1 aliphatic carbocycles. The summed E-state index contributed by atoms with van der Waals surface area (Å²) in [5.41, 5.74) is 0.907. The van der Waals surface area contributed by atoms with E-state index in [0.717, 1.165) is 11.3 Å². The Hall–Kier alpha value is -1.23. The van der Waals surface area contributed by atoms with Gasteiger partial charge in [0, 0.05) is 19.2 Å². The maximum absolute atomic E-state index is 9.85. The van der Waals surface area contributed by atoms with Crippen LogP contribution < -0.4 is 5.32 Å². The molecule has 1 spiro atoms. The summed E-state index contributed by atoms with van der Waals surface area (Å²) in [5, 5.41) is 13.2. The third kappa shape index (κ3) is 2.29. The molecular weight excluding hydrogens is 206 g/mol. The van der Waals surface area contributed by atoms with Crippen molar-refractivity contribution in [2.75, 3.05) is 19.6 Å². The van der Waals surface area contributed by atoms with Crippen molar-refractivity contribution in [2.45, 2.75) is 19.8 Å². The van der Waals surface area contributed by atoms with E-state index in [0.29, 0.717) is 6.54 Å². The molecule has 16 heavy (non-hydrogen) atoms. The summed E-state index contributed by atoms with van der Waals surface area (Å²) in [6.45, 7) is 5.41. The van der Waals surface area contributed by atoms with E-state index in [4.69, 9.17) is 0 Å². The Morgan fingerprint density at radius 2 is 2.25 bits per heavy atom. The molecule has 5 heteroatoms. The highest BCUT2D eigenvalue weighted by atomic mass is 16.6. The minimum Gasteiger partial charge on any atom is -0.316 e. The predicted octanol–water partition coefficient (Wildman–Crippen LogP) is 1.24. The highest BCUT2D eigenvalue weighted by molar-refractivity contribution is 5.77. The topological polar surface area (TPSA) is 67.5 Å². The Morgan fingerprint density at radius 1 is 1.56 bits per heavy atom. The summed E-state index contributed by atoms with van der Waals surface area (Å²) < 4.78 is 0. The molecule has 2 fully saturated rings. The first-order valence-corrected chi connectivity index (χ1v) is 5.66. The second-order valence-corrected chi connectivity index (χ2v) is 5.00. The van der Waals surface area contributed by atoms with E-state index >= 15 is 0 Å². The monoisotopic (exact) mass is 223 g/mol. The Kier molecular flexibility index (Phi) is 3.05. The van der Waals surface area contributed by atoms with Crippen LogP contribution in [0.2, 0.25) is 0 Å². The molecule has 3 aliphatic rings. The van der Waals surface area contributed by atoms with Gasteiger partial charge in [0.25, 0.3) is 5.70 Å². The van der Waals surface area contributed by atoms with Crippen LogP contribution in [-0.2, 0) is 0 Å². The fourth-order valence-electron chi connectivity index (χ4n) is 2.65. The van der Waals surface area contributed by atoms with E-state index in [1.54, 1.807) is 0 Å². The molecule has 0 radical (unpaired) electrons. The van der Waals surface area contributed by atoms with E-state index < -0.39 is 4.92 Å². The van der Waals surface area contributed by atoms with Gasteiger partial charge in [0.05, 0.1) is 17.7 Å². The summed E-state index contributed by atoms with van der Waals surface area (Å²) in [6, 6.07) is 0. The maximum Gasteiger partial charge on any atom is 0.284 e. The maximum atomic E-state index is 9.85. The smallest absolute Gasteiger partial charge is 0.284 e. The van der Waals surface area contributed by atoms with Crippen LogP contribution in [0.15, 0.2) is 16.8 Å². The van der Waals surface area contributed by atoms with Gasteiger partial charge in [-0.2, -0.15) is 0 Å². The molecule has 88 valence electrons. The van der Waals surface area contributed by atoms with Gasteiger partial charge in [-0.3, -0.25) is 15.1 Å². The summed E-state index contributed by atoms with van der Waals surface area (Å²) in [4.78, 5) is 13.0. The van der Waals surface area contributed by atoms with Crippen molar-refractivity contribution in [3.63, 3.8) is 0 Å². The Balaban J connectivity index is 0.000000120. The molecular formula is C11H17N3O2. The number of hydrogen-bond donors (Lipinski definition) is 1. The Bertz CT molecular complexity index is 337. The van der Waals surface area contributed by atoms with Crippen LogP contribution in [0.25, 0.3) is 0 Å². The molecule has 1 N–H and O–H groups in total. The third-order valence-electron chi connectivity index (χ3n) is 3.40. The number of aliphatic imine (C=N–C) groups is 1. The van der Waals surface area contributed by atoms with Crippen LogP contribution in [0.3, 0.4) is 0 Å². The lowest BCUT2D eigenvalue weighted by Gasteiger charge is -2.53. The minimum atomic E-state index is -0.448. The van der Waals surface area contributed by atoms with Crippen molar-refractivity contribution in [1.82, 2.24) is 5.32 Å². The van der Waals surface area contributed by atoms with Crippen molar-refractivity contribution >= 4 is 6.21 Å². The molecule has 2 heterocycles. The fraction of sp³-hybridized carbons (Fsp3) is 0.727. The van der Waals surface area contributed by atoms with Gasteiger partial charge in [-0.1, -0.05) is 6.92 Å². The van der Waals surface area contributed by atoms with Crippen molar-refractivity contribution in [3.05, 3.63) is 21.9 Å². The molecule has 3 rings (SSSR count). The van der Waals surface area contributed by atoms with E-state index in [2.05, 4.69) is 17.2 Å². The SMILES string of the molecule is CC1CC2(CNC2)C1.O=[N+]([O-])C1=CCN=C1. The van der Waals surface area contributed by atoms with Crippen molar-refractivity contribution in [1.29, 1.82) is 0 Å². The number of allylic oxidation sites excluding steroid dienone is 1. The lowest BCUT2D eigenvalue weighted by atomic mass is 9.59. The van der Waals surface area contributed by atoms with Crippen LogP contribution in [0.4, 0.5) is 0 Å². The van der Waals surface area contributed by atoms with Gasteiger partial charge in [-0.25, -0.2) is 0 Å². The van der Waals surface area contributed by atoms with Crippen molar-refractivity contribution in [2.24, 2.45) is 16.3 Å². The summed E-state index contributed by atoms with van der Waals surface area (Å²) in [5.74, 6) is 1.03. The van der Waals surface area contributed by atoms with Gasteiger partial charge in [0.1, 0.15) is 0 Å². The van der Waals surface area contributed by atoms with Gasteiger partial charge in [0.2, 0.25) is 0 Å². The van der Waals surface area contributed by atoms with Gasteiger partial charge in [-0.05, 0) is 24.2 Å². The average Bonchev–Trinajstić information content (AvgIpc) is 2.63. The van der Waals surface area contributed by atoms with Gasteiger partial charge >= 0.3 is 0 Å². The van der Waals surface area contributed by atoms with Crippen molar-refractivity contribution in [3.8, 4) is 0 Å². The standard InChI is InChI=1S/C7H13N.C4H4N2O2/c1-6-2-7(3-6)4-8-5-7;7-6(8)4-1-2-5-3-4/h6,8H,2-5H2,1H3;1,3H,2H2. The first-order chi connectivity index (χ1) is 7.61. The number of nitro groups is 1. The molecule has 0 atom stereocenters. The Morgan fingerprint density at radius 3 is 2.44 bits per heavy atom. The van der Waals surface area contributed by atoms with Gasteiger partial charge < -0.3 is 5.32 Å². The molecule has 0 unspecified atom stereocenters. The largest absolute Gasteiger partial charge is 0.316 e. The number of rotatable bonds is 1. The molecule has 1 saturated carbocycles. The second kappa shape index (κ2) is 4.33. The Labute approximate surface area is 94.8 Å². The van der Waals surface area contributed by atoms with E-state index in [9.17, 15) is 10.1 Å². The molecule has 0 aromatic carbocycles. The second-order valence-electron chi connectivity index (χ2n) is 5.00. The zero-order chi connectivity index (χ0) is 11.6. The predicted molar refractivity (Wildman–Crippen MR) is 62.1 cm³/mol. The first kappa shape index (κ1) is 11.3. The fourth-order valence-corrected chi connectivity index (χ4v) is 2.65. The lowest BCUT2D eigenvalue weighted by molar-refractivity contribution is -0.414. The number of nitrogens with one attached hydrogen (secondary N) is 1. The number of nitrogens with zero attached hydrogens (tertiary/aromatic N) is 2. The van der Waals surface area contributed by atoms with E-state index in [1.165, 1.54) is 38.2 Å². The van der Waals surface area contributed by atoms with Crippen molar-refractivity contribution < 1.29 is 4.92 Å². The lowest BCUT2D eigenvalue weighted by Crippen LogP contribution is -2.59. The first-order valence-electron chi connectivity index (χ1n) is 5.66. The molecule has 0 aromatic rings. The molecule has 0 aromatic heterocycles. The van der Waals surface area contributed by atoms with E-state index in [1.807, 2.05) is 0 Å². The highest BCUT2D eigenvalue weighted by Crippen LogP contribution is 2.47. The van der Waals surface area contributed by atoms with Gasteiger partial charge in [-0.15, -0.1) is 0 Å². The highest BCUT2D eigenvalue weighted by Gasteiger charge is 2.46. The molecule has 0 amide bonds.